The van der Waals surface area contributed by atoms with Gasteiger partial charge in [0.05, 0.1) is 17.9 Å². The number of nitrogens with zero attached hydrogens (tertiary/aromatic N) is 3. The molecule has 0 spiro atoms. The van der Waals surface area contributed by atoms with Gasteiger partial charge in [0, 0.05) is 24.2 Å². The molecule has 1 aliphatic rings. The molecule has 5 heteroatoms. The number of rotatable bonds is 5. The molecule has 3 heterocycles. The average Bonchev–Trinajstić information content (AvgIpc) is 2.98. The predicted molar refractivity (Wildman–Crippen MR) is 87.8 cm³/mol. The molecule has 2 aromatic rings. The molecule has 112 valence electrons. The third-order valence-electron chi connectivity index (χ3n) is 3.98. The normalized spacial score (nSPS) is 17.8. The van der Waals surface area contributed by atoms with Gasteiger partial charge in [0.1, 0.15) is 5.82 Å². The van der Waals surface area contributed by atoms with Crippen LogP contribution in [-0.4, -0.2) is 23.1 Å². The molecule has 4 nitrogen and oxygen atoms in total. The zero-order chi connectivity index (χ0) is 14.7. The maximum Gasteiger partial charge on any atom is 0.147 e. The fourth-order valence-corrected chi connectivity index (χ4v) is 3.80. The van der Waals surface area contributed by atoms with Gasteiger partial charge < -0.3 is 10.2 Å². The second kappa shape index (κ2) is 6.54. The van der Waals surface area contributed by atoms with Crippen molar-refractivity contribution in [2.24, 2.45) is 0 Å². The van der Waals surface area contributed by atoms with Crippen molar-refractivity contribution in [2.75, 3.05) is 18.0 Å². The Morgan fingerprint density at radius 3 is 3.19 bits per heavy atom. The van der Waals surface area contributed by atoms with Crippen molar-refractivity contribution in [3.63, 3.8) is 0 Å². The van der Waals surface area contributed by atoms with Crippen LogP contribution in [0.3, 0.4) is 0 Å². The smallest absolute Gasteiger partial charge is 0.147 e. The standard InChI is InChI=1S/C16H22N4S/c1-3-6-17-9-13-10-18-11-16(19-13)20-7-4-15-14(12(20)2)5-8-21-15/h5,8,10-12,17H,3-4,6-7,9H2,1-2H3. The highest BCUT2D eigenvalue weighted by atomic mass is 32.1. The van der Waals surface area contributed by atoms with Crippen molar-refractivity contribution in [1.29, 1.82) is 0 Å². The molecule has 2 aromatic heterocycles. The lowest BCUT2D eigenvalue weighted by atomic mass is 10.0. The zero-order valence-electron chi connectivity index (χ0n) is 12.7. The lowest BCUT2D eigenvalue weighted by Gasteiger charge is -2.34. The number of hydrogen-bond acceptors (Lipinski definition) is 5. The van der Waals surface area contributed by atoms with Gasteiger partial charge in [-0.2, -0.15) is 0 Å². The molecule has 3 rings (SSSR count). The summed E-state index contributed by atoms with van der Waals surface area (Å²) in [7, 11) is 0. The van der Waals surface area contributed by atoms with Gasteiger partial charge in [-0.1, -0.05) is 6.92 Å². The largest absolute Gasteiger partial charge is 0.348 e. The molecule has 0 bridgehead atoms. The van der Waals surface area contributed by atoms with Crippen LogP contribution in [0.5, 0.6) is 0 Å². The minimum atomic E-state index is 0.383. The highest BCUT2D eigenvalue weighted by Crippen LogP contribution is 2.34. The van der Waals surface area contributed by atoms with Crippen LogP contribution in [-0.2, 0) is 13.0 Å². The van der Waals surface area contributed by atoms with E-state index in [1.165, 1.54) is 10.4 Å². The molecule has 21 heavy (non-hydrogen) atoms. The van der Waals surface area contributed by atoms with Crippen LogP contribution in [0.25, 0.3) is 0 Å². The third-order valence-corrected chi connectivity index (χ3v) is 4.97. The Hall–Kier alpha value is -1.46. The van der Waals surface area contributed by atoms with Gasteiger partial charge in [0.2, 0.25) is 0 Å². The third kappa shape index (κ3) is 3.09. The fraction of sp³-hybridized carbons (Fsp3) is 0.500. The molecular formula is C16H22N4S. The van der Waals surface area contributed by atoms with Crippen LogP contribution in [0.1, 0.15) is 42.4 Å². The van der Waals surface area contributed by atoms with Gasteiger partial charge in [-0.05, 0) is 43.3 Å². The molecule has 1 N–H and O–H groups in total. The molecule has 0 amide bonds. The Morgan fingerprint density at radius 1 is 1.43 bits per heavy atom. The molecular weight excluding hydrogens is 280 g/mol. The van der Waals surface area contributed by atoms with E-state index in [1.807, 2.05) is 23.7 Å². The van der Waals surface area contributed by atoms with Gasteiger partial charge in [0.15, 0.2) is 0 Å². The SMILES string of the molecule is CCCNCc1cncc(N2CCc3sccc3C2C)n1. The molecule has 0 aliphatic carbocycles. The van der Waals surface area contributed by atoms with Gasteiger partial charge in [0.25, 0.3) is 0 Å². The maximum absolute atomic E-state index is 4.78. The van der Waals surface area contributed by atoms with Gasteiger partial charge in [-0.15, -0.1) is 11.3 Å². The second-order valence-electron chi connectivity index (χ2n) is 5.46. The molecule has 1 atom stereocenters. The Morgan fingerprint density at radius 2 is 2.33 bits per heavy atom. The Labute approximate surface area is 130 Å². The highest BCUT2D eigenvalue weighted by Gasteiger charge is 2.25. The molecule has 1 unspecified atom stereocenters. The monoisotopic (exact) mass is 302 g/mol. The van der Waals surface area contributed by atoms with E-state index in [9.17, 15) is 0 Å². The first kappa shape index (κ1) is 14.5. The van der Waals surface area contributed by atoms with E-state index in [1.54, 1.807) is 0 Å². The molecule has 0 fully saturated rings. The van der Waals surface area contributed by atoms with Crippen LogP contribution in [0.15, 0.2) is 23.8 Å². The Kier molecular flexibility index (Phi) is 4.51. The summed E-state index contributed by atoms with van der Waals surface area (Å²) in [6.45, 7) is 7.26. The van der Waals surface area contributed by atoms with Crippen LogP contribution < -0.4 is 10.2 Å². The number of thiophene rings is 1. The van der Waals surface area contributed by atoms with Crippen LogP contribution in [0, 0.1) is 0 Å². The summed E-state index contributed by atoms with van der Waals surface area (Å²) in [5.74, 6) is 0.996. The van der Waals surface area contributed by atoms with Gasteiger partial charge in [-0.25, -0.2) is 4.98 Å². The molecule has 0 saturated heterocycles. The Bertz CT molecular complexity index is 595. The summed E-state index contributed by atoms with van der Waals surface area (Å²) in [6.07, 6.45) is 5.99. The fourth-order valence-electron chi connectivity index (χ4n) is 2.83. The lowest BCUT2D eigenvalue weighted by Crippen LogP contribution is -2.34. The summed E-state index contributed by atoms with van der Waals surface area (Å²) >= 11 is 1.87. The molecule has 0 radical (unpaired) electrons. The summed E-state index contributed by atoms with van der Waals surface area (Å²) in [6, 6.07) is 2.63. The van der Waals surface area contributed by atoms with E-state index in [0.29, 0.717) is 6.04 Å². The molecule has 1 aliphatic heterocycles. The first-order chi connectivity index (χ1) is 10.3. The predicted octanol–water partition coefficient (Wildman–Crippen LogP) is 3.16. The van der Waals surface area contributed by atoms with Crippen LogP contribution >= 0.6 is 11.3 Å². The second-order valence-corrected chi connectivity index (χ2v) is 6.46. The summed E-state index contributed by atoms with van der Waals surface area (Å²) in [4.78, 5) is 13.0. The van der Waals surface area contributed by atoms with Gasteiger partial charge in [-0.3, -0.25) is 4.98 Å². The highest BCUT2D eigenvalue weighted by molar-refractivity contribution is 7.10. The number of hydrogen-bond donors (Lipinski definition) is 1. The maximum atomic E-state index is 4.78. The lowest BCUT2D eigenvalue weighted by molar-refractivity contribution is 0.616. The number of fused-ring (bicyclic) bond motifs is 1. The van der Waals surface area contributed by atoms with E-state index in [4.69, 9.17) is 4.98 Å². The van der Waals surface area contributed by atoms with Crippen molar-refractivity contribution < 1.29 is 0 Å². The van der Waals surface area contributed by atoms with E-state index >= 15 is 0 Å². The zero-order valence-corrected chi connectivity index (χ0v) is 13.5. The van der Waals surface area contributed by atoms with Crippen molar-refractivity contribution >= 4 is 17.2 Å². The first-order valence-electron chi connectivity index (χ1n) is 7.64. The average molecular weight is 302 g/mol. The summed E-state index contributed by atoms with van der Waals surface area (Å²) in [5, 5.41) is 5.58. The van der Waals surface area contributed by atoms with Crippen molar-refractivity contribution in [3.05, 3.63) is 40.0 Å². The van der Waals surface area contributed by atoms with E-state index in [-0.39, 0.29) is 0 Å². The van der Waals surface area contributed by atoms with Crippen LogP contribution in [0.4, 0.5) is 5.82 Å². The minimum absolute atomic E-state index is 0.383. The first-order valence-corrected chi connectivity index (χ1v) is 8.52. The number of nitrogens with one attached hydrogen (secondary N) is 1. The number of aromatic nitrogens is 2. The summed E-state index contributed by atoms with van der Waals surface area (Å²) < 4.78 is 0. The van der Waals surface area contributed by atoms with Crippen molar-refractivity contribution in [2.45, 2.75) is 39.3 Å². The summed E-state index contributed by atoms with van der Waals surface area (Å²) in [5.41, 5.74) is 2.46. The number of anilines is 1. The van der Waals surface area contributed by atoms with Crippen molar-refractivity contribution in [3.8, 4) is 0 Å². The van der Waals surface area contributed by atoms with Gasteiger partial charge >= 0.3 is 0 Å². The quantitative estimate of drug-likeness (QED) is 0.861. The molecule has 0 aromatic carbocycles. The van der Waals surface area contributed by atoms with Crippen LogP contribution in [0.2, 0.25) is 0 Å². The minimum Gasteiger partial charge on any atom is -0.348 e. The van der Waals surface area contributed by atoms with E-state index in [2.05, 4.69) is 40.5 Å². The Balaban J connectivity index is 1.76. The van der Waals surface area contributed by atoms with Crippen molar-refractivity contribution in [1.82, 2.24) is 15.3 Å². The molecule has 0 saturated carbocycles. The van der Waals surface area contributed by atoms with E-state index < -0.39 is 0 Å². The van der Waals surface area contributed by atoms with E-state index in [0.717, 1.165) is 44.0 Å². The topological polar surface area (TPSA) is 41.1 Å².